The van der Waals surface area contributed by atoms with Crippen molar-refractivity contribution in [2.24, 2.45) is 0 Å². The fraction of sp³-hybridized carbons (Fsp3) is 0.533. The Morgan fingerprint density at radius 2 is 1.95 bits per heavy atom. The van der Waals surface area contributed by atoms with Crippen molar-refractivity contribution < 1.29 is 9.53 Å². The van der Waals surface area contributed by atoms with Crippen LogP contribution in [0.25, 0.3) is 0 Å². The molecule has 106 valence electrons. The van der Waals surface area contributed by atoms with E-state index in [9.17, 15) is 4.79 Å². The highest BCUT2D eigenvalue weighted by atomic mass is 35.5. The molecule has 0 spiro atoms. The quantitative estimate of drug-likeness (QED) is 0.542. The lowest BCUT2D eigenvalue weighted by Gasteiger charge is -2.27. The molecule has 0 aliphatic heterocycles. The molecule has 0 fully saturated rings. The average molecular weight is 303 g/mol. The van der Waals surface area contributed by atoms with Gasteiger partial charge in [-0.15, -0.1) is 23.2 Å². The number of hydrogen-bond acceptors (Lipinski definition) is 2. The SMILES string of the molecule is CCC(Cl)CC(Cl)(CC)COC(=O)c1ccccc1. The Bertz CT molecular complexity index is 394. The normalized spacial score (nSPS) is 15.6. The van der Waals surface area contributed by atoms with E-state index in [0.717, 1.165) is 6.42 Å². The van der Waals surface area contributed by atoms with Gasteiger partial charge in [0.2, 0.25) is 0 Å². The molecule has 2 nitrogen and oxygen atoms in total. The molecule has 0 N–H and O–H groups in total. The molecule has 0 saturated carbocycles. The molecule has 0 radical (unpaired) electrons. The molecule has 0 bridgehead atoms. The van der Waals surface area contributed by atoms with E-state index in [2.05, 4.69) is 0 Å². The minimum Gasteiger partial charge on any atom is -0.460 e. The van der Waals surface area contributed by atoms with Gasteiger partial charge in [0.05, 0.1) is 10.4 Å². The summed E-state index contributed by atoms with van der Waals surface area (Å²) in [5, 5.41) is 0.00729. The highest BCUT2D eigenvalue weighted by molar-refractivity contribution is 6.26. The smallest absolute Gasteiger partial charge is 0.338 e. The van der Waals surface area contributed by atoms with Crippen LogP contribution in [0, 0.1) is 0 Å². The molecule has 2 atom stereocenters. The van der Waals surface area contributed by atoms with Crippen LogP contribution in [-0.4, -0.2) is 22.8 Å². The van der Waals surface area contributed by atoms with Gasteiger partial charge >= 0.3 is 5.97 Å². The van der Waals surface area contributed by atoms with Crippen molar-refractivity contribution in [1.82, 2.24) is 0 Å². The van der Waals surface area contributed by atoms with E-state index in [1.165, 1.54) is 0 Å². The van der Waals surface area contributed by atoms with Gasteiger partial charge in [0.15, 0.2) is 0 Å². The van der Waals surface area contributed by atoms with Crippen LogP contribution in [-0.2, 0) is 4.74 Å². The fourth-order valence-corrected chi connectivity index (χ4v) is 2.31. The van der Waals surface area contributed by atoms with Crippen LogP contribution in [0.4, 0.5) is 0 Å². The molecule has 0 aliphatic rings. The summed E-state index contributed by atoms with van der Waals surface area (Å²) in [4.78, 5) is 11.3. The molecule has 0 aromatic heterocycles. The van der Waals surface area contributed by atoms with Gasteiger partial charge in [0.1, 0.15) is 6.61 Å². The van der Waals surface area contributed by atoms with Crippen LogP contribution in [0.3, 0.4) is 0 Å². The maximum absolute atomic E-state index is 11.8. The molecule has 0 amide bonds. The standard InChI is InChI=1S/C15H20Cl2O2/c1-3-13(16)10-15(17,4-2)11-19-14(18)12-8-6-5-7-9-12/h5-9,13H,3-4,10-11H2,1-2H3. The monoisotopic (exact) mass is 302 g/mol. The molecular formula is C15H20Cl2O2. The van der Waals surface area contributed by atoms with Crippen molar-refractivity contribution in [3.8, 4) is 0 Å². The molecular weight excluding hydrogens is 283 g/mol. The summed E-state index contributed by atoms with van der Waals surface area (Å²) in [7, 11) is 0. The third-order valence-electron chi connectivity index (χ3n) is 3.14. The lowest BCUT2D eigenvalue weighted by atomic mass is 9.99. The van der Waals surface area contributed by atoms with Crippen LogP contribution in [0.5, 0.6) is 0 Å². The fourth-order valence-electron chi connectivity index (χ4n) is 1.70. The van der Waals surface area contributed by atoms with E-state index < -0.39 is 4.87 Å². The van der Waals surface area contributed by atoms with Crippen LogP contribution in [0.2, 0.25) is 0 Å². The van der Waals surface area contributed by atoms with Crippen molar-refractivity contribution in [1.29, 1.82) is 0 Å². The van der Waals surface area contributed by atoms with Crippen molar-refractivity contribution >= 4 is 29.2 Å². The Kier molecular flexibility index (Phi) is 6.67. The van der Waals surface area contributed by atoms with E-state index in [0.29, 0.717) is 18.4 Å². The second-order valence-electron chi connectivity index (χ2n) is 4.66. The van der Waals surface area contributed by atoms with Crippen LogP contribution in [0.1, 0.15) is 43.5 Å². The summed E-state index contributed by atoms with van der Waals surface area (Å²) in [5.41, 5.74) is 0.538. The van der Waals surface area contributed by atoms with E-state index in [1.807, 2.05) is 19.9 Å². The summed E-state index contributed by atoms with van der Waals surface area (Å²) in [6, 6.07) is 8.90. The van der Waals surface area contributed by atoms with E-state index in [1.54, 1.807) is 24.3 Å². The van der Waals surface area contributed by atoms with Gasteiger partial charge in [0, 0.05) is 5.38 Å². The lowest BCUT2D eigenvalue weighted by molar-refractivity contribution is 0.0450. The number of ether oxygens (including phenoxy) is 1. The number of halogens is 2. The van der Waals surface area contributed by atoms with Crippen LogP contribution in [0.15, 0.2) is 30.3 Å². The van der Waals surface area contributed by atoms with Gasteiger partial charge in [-0.3, -0.25) is 0 Å². The first-order valence-electron chi connectivity index (χ1n) is 6.56. The predicted molar refractivity (Wildman–Crippen MR) is 80.1 cm³/mol. The van der Waals surface area contributed by atoms with Gasteiger partial charge in [-0.05, 0) is 31.4 Å². The first-order chi connectivity index (χ1) is 9.00. The molecule has 1 aromatic rings. The Morgan fingerprint density at radius 3 is 2.47 bits per heavy atom. The summed E-state index contributed by atoms with van der Waals surface area (Å²) in [6.07, 6.45) is 2.19. The highest BCUT2D eigenvalue weighted by Crippen LogP contribution is 2.29. The molecule has 1 rings (SSSR count). The maximum Gasteiger partial charge on any atom is 0.338 e. The van der Waals surface area contributed by atoms with Gasteiger partial charge in [0.25, 0.3) is 0 Å². The van der Waals surface area contributed by atoms with Gasteiger partial charge in [-0.1, -0.05) is 32.0 Å². The second-order valence-corrected chi connectivity index (χ2v) is 6.08. The molecule has 0 aliphatic carbocycles. The zero-order valence-electron chi connectivity index (χ0n) is 11.4. The Morgan fingerprint density at radius 1 is 1.32 bits per heavy atom. The Hall–Kier alpha value is -0.730. The van der Waals surface area contributed by atoms with Crippen molar-refractivity contribution in [3.63, 3.8) is 0 Å². The van der Waals surface area contributed by atoms with Crippen LogP contribution >= 0.6 is 23.2 Å². The van der Waals surface area contributed by atoms with Gasteiger partial charge < -0.3 is 4.74 Å². The molecule has 0 heterocycles. The number of rotatable bonds is 7. The van der Waals surface area contributed by atoms with E-state index >= 15 is 0 Å². The van der Waals surface area contributed by atoms with Crippen molar-refractivity contribution in [3.05, 3.63) is 35.9 Å². The van der Waals surface area contributed by atoms with Crippen LogP contribution < -0.4 is 0 Å². The summed E-state index contributed by atoms with van der Waals surface area (Å²) in [6.45, 7) is 4.17. The predicted octanol–water partition coefficient (Wildman–Crippen LogP) is 4.64. The summed E-state index contributed by atoms with van der Waals surface area (Å²) >= 11 is 12.6. The first kappa shape index (κ1) is 16.3. The number of alkyl halides is 2. The second kappa shape index (κ2) is 7.76. The number of hydrogen-bond donors (Lipinski definition) is 0. The molecule has 19 heavy (non-hydrogen) atoms. The van der Waals surface area contributed by atoms with Gasteiger partial charge in [-0.2, -0.15) is 0 Å². The summed E-state index contributed by atoms with van der Waals surface area (Å²) < 4.78 is 5.30. The van der Waals surface area contributed by atoms with Gasteiger partial charge in [-0.25, -0.2) is 4.79 Å². The molecule has 4 heteroatoms. The number of carbonyl (C=O) groups is 1. The zero-order chi connectivity index (χ0) is 14.3. The first-order valence-corrected chi connectivity index (χ1v) is 7.37. The third-order valence-corrected chi connectivity index (χ3v) is 4.13. The number of carbonyl (C=O) groups excluding carboxylic acids is 1. The van der Waals surface area contributed by atoms with E-state index in [-0.39, 0.29) is 18.0 Å². The molecule has 0 saturated heterocycles. The molecule has 1 aromatic carbocycles. The Labute approximate surface area is 125 Å². The lowest BCUT2D eigenvalue weighted by Crippen LogP contribution is -2.31. The van der Waals surface area contributed by atoms with Crippen molar-refractivity contribution in [2.45, 2.75) is 43.4 Å². The third kappa shape index (κ3) is 5.42. The number of benzene rings is 1. The maximum atomic E-state index is 11.8. The largest absolute Gasteiger partial charge is 0.460 e. The van der Waals surface area contributed by atoms with Crippen molar-refractivity contribution in [2.75, 3.05) is 6.61 Å². The zero-order valence-corrected chi connectivity index (χ0v) is 12.9. The highest BCUT2D eigenvalue weighted by Gasteiger charge is 2.29. The Balaban J connectivity index is 2.56. The van der Waals surface area contributed by atoms with E-state index in [4.69, 9.17) is 27.9 Å². The summed E-state index contributed by atoms with van der Waals surface area (Å²) in [5.74, 6) is -0.346. The molecule has 2 unspecified atom stereocenters. The number of esters is 1. The minimum absolute atomic E-state index is 0.00729. The topological polar surface area (TPSA) is 26.3 Å². The minimum atomic E-state index is -0.577. The average Bonchev–Trinajstić information content (AvgIpc) is 2.45.